The topological polar surface area (TPSA) is 109 Å². The molecule has 8 nitrogen and oxygen atoms in total. The van der Waals surface area contributed by atoms with Gasteiger partial charge in [-0.05, 0) is 78.7 Å². The Morgan fingerprint density at radius 1 is 0.846 bits per heavy atom. The highest BCUT2D eigenvalue weighted by atomic mass is 79.9. The largest absolute Gasteiger partial charge is 0.489 e. The number of thiazole rings is 1. The van der Waals surface area contributed by atoms with Crippen molar-refractivity contribution in [1.82, 2.24) is 10.3 Å². The van der Waals surface area contributed by atoms with Crippen LogP contribution in [0.25, 0.3) is 17.3 Å². The molecule has 0 fully saturated rings. The average molecular weight is 790 g/mol. The summed E-state index contributed by atoms with van der Waals surface area (Å²) in [6, 6.07) is 40.9. The molecule has 6 rings (SSSR count). The van der Waals surface area contributed by atoms with Crippen molar-refractivity contribution < 1.29 is 19.1 Å². The van der Waals surface area contributed by atoms with E-state index in [4.69, 9.17) is 4.74 Å². The fourth-order valence-corrected chi connectivity index (χ4v) is 6.82. The molecule has 0 saturated carbocycles. The first-order chi connectivity index (χ1) is 25.3. The molecule has 260 valence electrons. The van der Waals surface area contributed by atoms with Gasteiger partial charge in [0, 0.05) is 31.6 Å². The number of hydrogen-bond donors (Lipinski definition) is 3. The van der Waals surface area contributed by atoms with E-state index >= 15 is 0 Å². The molecule has 3 amide bonds. The molecule has 1 unspecified atom stereocenters. The van der Waals surface area contributed by atoms with Gasteiger partial charge in [-0.25, -0.2) is 4.98 Å². The molecule has 0 aliphatic rings. The number of rotatable bonds is 13. The van der Waals surface area contributed by atoms with Crippen LogP contribution in [0.1, 0.15) is 28.4 Å². The van der Waals surface area contributed by atoms with Gasteiger partial charge in [0.2, 0.25) is 5.91 Å². The highest BCUT2D eigenvalue weighted by molar-refractivity contribution is 9.10. The summed E-state index contributed by atoms with van der Waals surface area (Å²) in [7, 11) is 0. The van der Waals surface area contributed by atoms with Crippen LogP contribution in [0.3, 0.4) is 0 Å². The van der Waals surface area contributed by atoms with Crippen LogP contribution in [0.15, 0.2) is 154 Å². The third kappa shape index (κ3) is 10.3. The van der Waals surface area contributed by atoms with Gasteiger partial charge in [-0.1, -0.05) is 94.8 Å². The van der Waals surface area contributed by atoms with Gasteiger partial charge >= 0.3 is 0 Å². The lowest BCUT2D eigenvalue weighted by Gasteiger charge is -2.14. The van der Waals surface area contributed by atoms with Crippen molar-refractivity contribution in [3.63, 3.8) is 0 Å². The third-order valence-corrected chi connectivity index (χ3v) is 10.00. The molecule has 0 aliphatic carbocycles. The molecule has 1 atom stereocenters. The zero-order valence-corrected chi connectivity index (χ0v) is 31.1. The Morgan fingerprint density at radius 3 is 2.29 bits per heavy atom. The van der Waals surface area contributed by atoms with E-state index in [0.29, 0.717) is 34.3 Å². The smallest absolute Gasteiger partial charge is 0.272 e. The molecule has 1 aromatic heterocycles. The minimum absolute atomic E-state index is 0.0589. The second kappa shape index (κ2) is 17.6. The van der Waals surface area contributed by atoms with Gasteiger partial charge in [0.05, 0.1) is 10.9 Å². The van der Waals surface area contributed by atoms with Crippen LogP contribution in [-0.2, 0) is 16.2 Å². The normalized spacial score (nSPS) is 11.7. The number of halogens is 1. The zero-order chi connectivity index (χ0) is 36.3. The van der Waals surface area contributed by atoms with Gasteiger partial charge in [-0.3, -0.25) is 14.4 Å². The monoisotopic (exact) mass is 788 g/mol. The molecule has 0 aliphatic heterocycles. The maximum atomic E-state index is 13.7. The van der Waals surface area contributed by atoms with Crippen molar-refractivity contribution >= 4 is 73.6 Å². The molecule has 0 saturated heterocycles. The summed E-state index contributed by atoms with van der Waals surface area (Å²) >= 11 is 6.16. The van der Waals surface area contributed by atoms with E-state index in [0.717, 1.165) is 26.2 Å². The van der Waals surface area contributed by atoms with Gasteiger partial charge in [-0.15, -0.1) is 23.1 Å². The molecule has 6 aromatic rings. The highest BCUT2D eigenvalue weighted by Crippen LogP contribution is 2.29. The van der Waals surface area contributed by atoms with Crippen LogP contribution in [0.5, 0.6) is 5.75 Å². The van der Waals surface area contributed by atoms with Crippen molar-refractivity contribution in [1.29, 1.82) is 0 Å². The highest BCUT2D eigenvalue weighted by Gasteiger charge is 2.19. The quantitative estimate of drug-likeness (QED) is 0.0795. The summed E-state index contributed by atoms with van der Waals surface area (Å²) in [5.74, 6) is -0.443. The molecule has 5 aromatic carbocycles. The summed E-state index contributed by atoms with van der Waals surface area (Å²) in [6.45, 7) is 2.24. The van der Waals surface area contributed by atoms with Crippen molar-refractivity contribution in [2.24, 2.45) is 0 Å². The number of carbonyl (C=O) groups excluding carboxylic acids is 3. The van der Waals surface area contributed by atoms with E-state index in [1.54, 1.807) is 48.5 Å². The number of hydrogen-bond acceptors (Lipinski definition) is 7. The Labute approximate surface area is 318 Å². The standard InChI is InChI=1S/C41H33BrN4O4S2/c1-27(38(47)46-41-45-37(26-51-41)30-17-19-32(42)20-18-30)52-35-14-8-13-33(24-35)43-40(49)36(44-39(48)31-11-6-3-7-12-31)23-28-15-21-34(22-16-28)50-25-29-9-4-2-5-10-29/h2-24,26-27H,25H2,1H3,(H,43,49)(H,44,48)(H,45,46,47)/b36-23-. The summed E-state index contributed by atoms with van der Waals surface area (Å²) in [6.07, 6.45) is 1.61. The number of thioether (sulfide) groups is 1. The molecule has 0 radical (unpaired) electrons. The van der Waals surface area contributed by atoms with E-state index in [1.807, 2.05) is 103 Å². The first kappa shape index (κ1) is 36.3. The van der Waals surface area contributed by atoms with E-state index in [9.17, 15) is 14.4 Å². The lowest BCUT2D eigenvalue weighted by molar-refractivity contribution is -0.115. The third-order valence-electron chi connectivity index (χ3n) is 7.62. The fraction of sp³-hybridized carbons (Fsp3) is 0.0732. The van der Waals surface area contributed by atoms with E-state index in [1.165, 1.54) is 23.1 Å². The average Bonchev–Trinajstić information content (AvgIpc) is 3.63. The van der Waals surface area contributed by atoms with Crippen LogP contribution in [0, 0.1) is 0 Å². The molecular weight excluding hydrogens is 757 g/mol. The first-order valence-corrected chi connectivity index (χ1v) is 18.8. The number of anilines is 2. The lowest BCUT2D eigenvalue weighted by atomic mass is 10.1. The van der Waals surface area contributed by atoms with Crippen molar-refractivity contribution in [2.45, 2.75) is 23.7 Å². The predicted molar refractivity (Wildman–Crippen MR) is 213 cm³/mol. The van der Waals surface area contributed by atoms with Crippen LogP contribution >= 0.6 is 39.0 Å². The van der Waals surface area contributed by atoms with Crippen LogP contribution in [0.2, 0.25) is 0 Å². The molecule has 52 heavy (non-hydrogen) atoms. The number of benzene rings is 5. The van der Waals surface area contributed by atoms with Crippen LogP contribution in [-0.4, -0.2) is 28.0 Å². The van der Waals surface area contributed by atoms with E-state index < -0.39 is 17.1 Å². The molecule has 0 spiro atoms. The van der Waals surface area contributed by atoms with E-state index in [2.05, 4.69) is 36.9 Å². The summed E-state index contributed by atoms with van der Waals surface area (Å²) in [5, 5.41) is 10.6. The summed E-state index contributed by atoms with van der Waals surface area (Å²) < 4.78 is 6.88. The number of carbonyl (C=O) groups is 3. The molecular formula is C41H33BrN4O4S2. The lowest BCUT2D eigenvalue weighted by Crippen LogP contribution is -2.30. The van der Waals surface area contributed by atoms with Gasteiger partial charge in [-0.2, -0.15) is 0 Å². The number of aromatic nitrogens is 1. The zero-order valence-electron chi connectivity index (χ0n) is 27.9. The molecule has 1 heterocycles. The van der Waals surface area contributed by atoms with Gasteiger partial charge in [0.25, 0.3) is 11.8 Å². The van der Waals surface area contributed by atoms with Crippen LogP contribution < -0.4 is 20.7 Å². The Morgan fingerprint density at radius 2 is 1.56 bits per heavy atom. The number of nitrogens with zero attached hydrogens (tertiary/aromatic N) is 1. The Hall–Kier alpha value is -5.49. The van der Waals surface area contributed by atoms with Crippen molar-refractivity contribution in [3.05, 3.63) is 166 Å². The number of nitrogens with one attached hydrogen (secondary N) is 3. The van der Waals surface area contributed by atoms with Gasteiger partial charge in [0.1, 0.15) is 18.1 Å². The number of ether oxygens (including phenoxy) is 1. The predicted octanol–water partition coefficient (Wildman–Crippen LogP) is 9.68. The molecule has 3 N–H and O–H groups in total. The second-order valence-electron chi connectivity index (χ2n) is 11.5. The van der Waals surface area contributed by atoms with Crippen molar-refractivity contribution in [2.75, 3.05) is 10.6 Å². The Bertz CT molecular complexity index is 2170. The minimum atomic E-state index is -0.507. The molecule has 0 bridgehead atoms. The van der Waals surface area contributed by atoms with E-state index in [-0.39, 0.29) is 11.6 Å². The minimum Gasteiger partial charge on any atom is -0.489 e. The molecule has 11 heteroatoms. The second-order valence-corrected chi connectivity index (χ2v) is 14.7. The fourth-order valence-electron chi connectivity index (χ4n) is 4.90. The Balaban J connectivity index is 1.11. The summed E-state index contributed by atoms with van der Waals surface area (Å²) in [5.41, 5.74) is 4.47. The van der Waals surface area contributed by atoms with Crippen LogP contribution in [0.4, 0.5) is 10.8 Å². The number of amides is 3. The van der Waals surface area contributed by atoms with Gasteiger partial charge < -0.3 is 20.7 Å². The Kier molecular flexibility index (Phi) is 12.3. The maximum absolute atomic E-state index is 13.7. The summed E-state index contributed by atoms with van der Waals surface area (Å²) in [4.78, 5) is 45.2. The first-order valence-electron chi connectivity index (χ1n) is 16.2. The maximum Gasteiger partial charge on any atom is 0.272 e. The SMILES string of the molecule is CC(Sc1cccc(NC(=O)/C(=C/c2ccc(OCc3ccccc3)cc2)NC(=O)c2ccccc2)c1)C(=O)Nc1nc(-c2ccc(Br)cc2)cs1. The van der Waals surface area contributed by atoms with Gasteiger partial charge in [0.15, 0.2) is 5.13 Å². The van der Waals surface area contributed by atoms with Crippen molar-refractivity contribution in [3.8, 4) is 17.0 Å².